The maximum Gasteiger partial charge on any atom is 0.193 e. The first kappa shape index (κ1) is 13.5. The number of nitrogens with one attached hydrogen (secondary N) is 1. The van der Waals surface area contributed by atoms with Gasteiger partial charge >= 0.3 is 0 Å². The van der Waals surface area contributed by atoms with E-state index in [0.29, 0.717) is 11.1 Å². The molecule has 3 nitrogen and oxygen atoms in total. The van der Waals surface area contributed by atoms with Crippen LogP contribution in [-0.4, -0.2) is 15.8 Å². The molecule has 0 bridgehead atoms. The number of hydrogen-bond acceptors (Lipinski definition) is 2. The SMILES string of the molecule is O=C(c1ccccc1)c1ccc2nc(-c3ccccc3)[nH]c2c1. The van der Waals surface area contributed by atoms with Gasteiger partial charge in [0.25, 0.3) is 0 Å². The van der Waals surface area contributed by atoms with Gasteiger partial charge in [0.1, 0.15) is 5.82 Å². The summed E-state index contributed by atoms with van der Waals surface area (Å²) in [6.45, 7) is 0. The molecule has 0 fully saturated rings. The Labute approximate surface area is 133 Å². The molecule has 0 radical (unpaired) electrons. The number of fused-ring (bicyclic) bond motifs is 1. The summed E-state index contributed by atoms with van der Waals surface area (Å²) in [7, 11) is 0. The minimum atomic E-state index is 0.0170. The monoisotopic (exact) mass is 298 g/mol. The first-order valence-electron chi connectivity index (χ1n) is 7.46. The normalized spacial score (nSPS) is 10.8. The van der Waals surface area contributed by atoms with Crippen LogP contribution in [0.15, 0.2) is 78.9 Å². The average molecular weight is 298 g/mol. The van der Waals surface area contributed by atoms with Crippen molar-refractivity contribution in [3.63, 3.8) is 0 Å². The van der Waals surface area contributed by atoms with Gasteiger partial charge in [0.15, 0.2) is 5.78 Å². The molecule has 0 aliphatic rings. The molecule has 110 valence electrons. The van der Waals surface area contributed by atoms with Gasteiger partial charge in [0.2, 0.25) is 0 Å². The van der Waals surface area contributed by atoms with Crippen molar-refractivity contribution < 1.29 is 4.79 Å². The summed E-state index contributed by atoms with van der Waals surface area (Å²) in [5, 5.41) is 0. The van der Waals surface area contributed by atoms with Crippen LogP contribution in [0.5, 0.6) is 0 Å². The van der Waals surface area contributed by atoms with E-state index >= 15 is 0 Å². The molecule has 1 heterocycles. The molecule has 0 aliphatic heterocycles. The number of hydrogen-bond donors (Lipinski definition) is 1. The first-order chi connectivity index (χ1) is 11.3. The number of imidazole rings is 1. The van der Waals surface area contributed by atoms with E-state index in [1.807, 2.05) is 78.9 Å². The fourth-order valence-electron chi connectivity index (χ4n) is 2.64. The van der Waals surface area contributed by atoms with Crippen LogP contribution in [0.25, 0.3) is 22.4 Å². The van der Waals surface area contributed by atoms with Gasteiger partial charge in [-0.15, -0.1) is 0 Å². The maximum atomic E-state index is 12.5. The average Bonchev–Trinajstić information content (AvgIpc) is 3.06. The Morgan fingerprint density at radius 2 is 1.48 bits per heavy atom. The minimum Gasteiger partial charge on any atom is -0.338 e. The van der Waals surface area contributed by atoms with Crippen molar-refractivity contribution in [2.75, 3.05) is 0 Å². The summed E-state index contributed by atoms with van der Waals surface area (Å²) in [5.41, 5.74) is 4.10. The highest BCUT2D eigenvalue weighted by molar-refractivity contribution is 6.10. The van der Waals surface area contributed by atoms with Gasteiger partial charge in [-0.05, 0) is 18.2 Å². The van der Waals surface area contributed by atoms with Gasteiger partial charge in [0.05, 0.1) is 11.0 Å². The number of aromatic nitrogens is 2. The molecule has 0 atom stereocenters. The fraction of sp³-hybridized carbons (Fsp3) is 0. The first-order valence-corrected chi connectivity index (χ1v) is 7.46. The number of nitrogens with zero attached hydrogens (tertiary/aromatic N) is 1. The molecule has 3 aromatic carbocycles. The summed E-state index contributed by atoms with van der Waals surface area (Å²) in [6.07, 6.45) is 0. The molecule has 0 saturated heterocycles. The predicted molar refractivity (Wildman–Crippen MR) is 91.4 cm³/mol. The Balaban J connectivity index is 1.75. The number of carbonyl (C=O) groups excluding carboxylic acids is 1. The molecule has 0 unspecified atom stereocenters. The standard InChI is InChI=1S/C20H14N2O/c23-19(14-7-3-1-4-8-14)16-11-12-17-18(13-16)22-20(21-17)15-9-5-2-6-10-15/h1-13H,(H,21,22). The minimum absolute atomic E-state index is 0.0170. The zero-order valence-corrected chi connectivity index (χ0v) is 12.4. The van der Waals surface area contributed by atoms with E-state index in [1.165, 1.54) is 0 Å². The van der Waals surface area contributed by atoms with E-state index < -0.39 is 0 Å². The van der Waals surface area contributed by atoms with E-state index in [2.05, 4.69) is 9.97 Å². The van der Waals surface area contributed by atoms with Gasteiger partial charge < -0.3 is 4.98 Å². The molecule has 4 aromatic rings. The van der Waals surface area contributed by atoms with Crippen LogP contribution in [0, 0.1) is 0 Å². The van der Waals surface area contributed by atoms with Crippen LogP contribution < -0.4 is 0 Å². The summed E-state index contributed by atoms with van der Waals surface area (Å²) < 4.78 is 0. The lowest BCUT2D eigenvalue weighted by Crippen LogP contribution is -2.00. The Kier molecular flexibility index (Phi) is 3.24. The van der Waals surface area contributed by atoms with E-state index in [0.717, 1.165) is 22.4 Å². The van der Waals surface area contributed by atoms with Crippen LogP contribution in [0.2, 0.25) is 0 Å². The number of carbonyl (C=O) groups is 1. The summed E-state index contributed by atoms with van der Waals surface area (Å²) >= 11 is 0. The quantitative estimate of drug-likeness (QED) is 0.567. The van der Waals surface area contributed by atoms with Crippen LogP contribution in [-0.2, 0) is 0 Å². The molecular formula is C20H14N2O. The molecule has 0 aliphatic carbocycles. The Morgan fingerprint density at radius 1 is 0.783 bits per heavy atom. The molecule has 0 amide bonds. The molecule has 3 heteroatoms. The Bertz CT molecular complexity index is 972. The van der Waals surface area contributed by atoms with Crippen LogP contribution in [0.4, 0.5) is 0 Å². The molecular weight excluding hydrogens is 284 g/mol. The zero-order valence-electron chi connectivity index (χ0n) is 12.4. The number of H-pyrrole nitrogens is 1. The Morgan fingerprint density at radius 3 is 2.22 bits per heavy atom. The van der Waals surface area contributed by atoms with Gasteiger partial charge in [-0.1, -0.05) is 60.7 Å². The lowest BCUT2D eigenvalue weighted by molar-refractivity contribution is 0.103. The number of benzene rings is 3. The van der Waals surface area contributed by atoms with Crippen molar-refractivity contribution in [2.45, 2.75) is 0 Å². The highest BCUT2D eigenvalue weighted by Gasteiger charge is 2.11. The van der Waals surface area contributed by atoms with Crippen molar-refractivity contribution in [1.29, 1.82) is 0 Å². The summed E-state index contributed by atoms with van der Waals surface area (Å²) in [6, 6.07) is 24.8. The van der Waals surface area contributed by atoms with E-state index in [4.69, 9.17) is 0 Å². The van der Waals surface area contributed by atoms with Gasteiger partial charge in [-0.3, -0.25) is 4.79 Å². The highest BCUT2D eigenvalue weighted by atomic mass is 16.1. The van der Waals surface area contributed by atoms with Gasteiger partial charge in [-0.2, -0.15) is 0 Å². The smallest absolute Gasteiger partial charge is 0.193 e. The third-order valence-corrected chi connectivity index (χ3v) is 3.83. The third kappa shape index (κ3) is 2.53. The number of rotatable bonds is 3. The maximum absolute atomic E-state index is 12.5. The number of aromatic amines is 1. The molecule has 1 aromatic heterocycles. The fourth-order valence-corrected chi connectivity index (χ4v) is 2.64. The van der Waals surface area contributed by atoms with Crippen molar-refractivity contribution >= 4 is 16.8 Å². The van der Waals surface area contributed by atoms with Crippen molar-refractivity contribution in [1.82, 2.24) is 9.97 Å². The lowest BCUT2D eigenvalue weighted by atomic mass is 10.0. The van der Waals surface area contributed by atoms with E-state index in [1.54, 1.807) is 0 Å². The Hall–Kier alpha value is -3.20. The van der Waals surface area contributed by atoms with Gasteiger partial charge in [-0.25, -0.2) is 4.98 Å². The van der Waals surface area contributed by atoms with Crippen molar-refractivity contribution in [3.05, 3.63) is 90.0 Å². The molecule has 0 spiro atoms. The summed E-state index contributed by atoms with van der Waals surface area (Å²) in [5.74, 6) is 0.827. The summed E-state index contributed by atoms with van der Waals surface area (Å²) in [4.78, 5) is 20.4. The molecule has 4 rings (SSSR count). The van der Waals surface area contributed by atoms with Crippen molar-refractivity contribution in [3.8, 4) is 11.4 Å². The van der Waals surface area contributed by atoms with Gasteiger partial charge in [0, 0.05) is 16.7 Å². The second-order valence-electron chi connectivity index (χ2n) is 5.38. The second kappa shape index (κ2) is 5.54. The topological polar surface area (TPSA) is 45.8 Å². The van der Waals surface area contributed by atoms with Crippen molar-refractivity contribution in [2.24, 2.45) is 0 Å². The molecule has 23 heavy (non-hydrogen) atoms. The number of ketones is 1. The molecule has 0 saturated carbocycles. The van der Waals surface area contributed by atoms with Crippen LogP contribution >= 0.6 is 0 Å². The van der Waals surface area contributed by atoms with Crippen LogP contribution in [0.1, 0.15) is 15.9 Å². The lowest BCUT2D eigenvalue weighted by Gasteiger charge is -2.00. The molecule has 1 N–H and O–H groups in total. The third-order valence-electron chi connectivity index (χ3n) is 3.83. The second-order valence-corrected chi connectivity index (χ2v) is 5.38. The largest absolute Gasteiger partial charge is 0.338 e. The van der Waals surface area contributed by atoms with E-state index in [-0.39, 0.29) is 5.78 Å². The predicted octanol–water partition coefficient (Wildman–Crippen LogP) is 4.46. The van der Waals surface area contributed by atoms with E-state index in [9.17, 15) is 4.79 Å². The highest BCUT2D eigenvalue weighted by Crippen LogP contribution is 2.22. The van der Waals surface area contributed by atoms with Crippen LogP contribution in [0.3, 0.4) is 0 Å². The zero-order chi connectivity index (χ0) is 15.6.